The Morgan fingerprint density at radius 1 is 1.24 bits per heavy atom. The van der Waals surface area contributed by atoms with E-state index in [2.05, 4.69) is 10.3 Å². The van der Waals surface area contributed by atoms with Gasteiger partial charge in [-0.15, -0.1) is 0 Å². The van der Waals surface area contributed by atoms with E-state index in [-0.39, 0.29) is 5.69 Å². The molecule has 0 unspecified atom stereocenters. The van der Waals surface area contributed by atoms with E-state index in [0.29, 0.717) is 18.7 Å². The Morgan fingerprint density at radius 3 is 2.81 bits per heavy atom. The predicted octanol–water partition coefficient (Wildman–Crippen LogP) is 3.31. The van der Waals surface area contributed by atoms with E-state index in [0.717, 1.165) is 36.5 Å². The lowest BCUT2D eigenvalue weighted by atomic mass is 10.1. The third kappa shape index (κ3) is 3.75. The first kappa shape index (κ1) is 14.9. The van der Waals surface area contributed by atoms with Crippen LogP contribution >= 0.6 is 0 Å². The monoisotopic (exact) mass is 287 g/mol. The zero-order chi connectivity index (χ0) is 15.1. The maximum absolute atomic E-state index is 11.1. The maximum atomic E-state index is 11.1. The van der Waals surface area contributed by atoms with Gasteiger partial charge in [0.25, 0.3) is 0 Å². The molecule has 1 heterocycles. The van der Waals surface area contributed by atoms with Crippen LogP contribution in [0.2, 0.25) is 0 Å². The lowest BCUT2D eigenvalue weighted by Gasteiger charge is -2.09. The number of aromatic nitrogens is 1. The molecule has 0 saturated carbocycles. The molecule has 1 N–H and O–H groups in total. The molecule has 0 amide bonds. The molecule has 0 spiro atoms. The van der Waals surface area contributed by atoms with Crippen LogP contribution in [0.1, 0.15) is 25.7 Å². The van der Waals surface area contributed by atoms with Gasteiger partial charge >= 0.3 is 5.69 Å². The van der Waals surface area contributed by atoms with Crippen molar-refractivity contribution in [3.05, 3.63) is 40.6 Å². The molecule has 2 rings (SSSR count). The van der Waals surface area contributed by atoms with Crippen LogP contribution in [-0.4, -0.2) is 22.7 Å². The molecule has 6 nitrogen and oxygen atoms in total. The minimum Gasteiger partial charge on any atom is -0.379 e. The summed E-state index contributed by atoms with van der Waals surface area (Å²) in [4.78, 5) is 25.0. The van der Waals surface area contributed by atoms with Crippen molar-refractivity contribution in [3.63, 3.8) is 0 Å². The average molecular weight is 287 g/mol. The number of nitro groups is 1. The molecule has 0 atom stereocenters. The molecule has 0 aliphatic heterocycles. The number of nitrogens with zero attached hydrogens (tertiary/aromatic N) is 2. The summed E-state index contributed by atoms with van der Waals surface area (Å²) in [5, 5.41) is 15.0. The van der Waals surface area contributed by atoms with Crippen LogP contribution in [0.3, 0.4) is 0 Å². The van der Waals surface area contributed by atoms with E-state index in [4.69, 9.17) is 0 Å². The van der Waals surface area contributed by atoms with E-state index >= 15 is 0 Å². The van der Waals surface area contributed by atoms with Crippen molar-refractivity contribution in [2.45, 2.75) is 25.7 Å². The van der Waals surface area contributed by atoms with Crippen molar-refractivity contribution >= 4 is 28.6 Å². The number of para-hydroxylation sites is 1. The van der Waals surface area contributed by atoms with E-state index in [1.165, 1.54) is 6.20 Å². The minimum atomic E-state index is -0.422. The van der Waals surface area contributed by atoms with Crippen LogP contribution in [0.4, 0.5) is 11.4 Å². The molecule has 0 aliphatic rings. The second kappa shape index (κ2) is 7.33. The highest BCUT2D eigenvalue weighted by atomic mass is 16.6. The molecule has 21 heavy (non-hydrogen) atoms. The van der Waals surface area contributed by atoms with Gasteiger partial charge in [0.05, 0.1) is 10.4 Å². The van der Waals surface area contributed by atoms with Crippen LogP contribution in [0.5, 0.6) is 0 Å². The Kier molecular flexibility index (Phi) is 5.20. The number of hydrogen-bond donors (Lipinski definition) is 1. The second-order valence-electron chi connectivity index (χ2n) is 4.74. The number of carbonyl (C=O) groups excluding carboxylic acids is 1. The maximum Gasteiger partial charge on any atom is 0.311 e. The van der Waals surface area contributed by atoms with Gasteiger partial charge in [-0.1, -0.05) is 24.6 Å². The summed E-state index contributed by atoms with van der Waals surface area (Å²) in [6, 6.07) is 7.34. The first-order chi connectivity index (χ1) is 10.2. The molecule has 0 fully saturated rings. The number of unbranched alkanes of at least 4 members (excludes halogenated alkanes) is 3. The van der Waals surface area contributed by atoms with Crippen molar-refractivity contribution in [1.82, 2.24) is 4.98 Å². The largest absolute Gasteiger partial charge is 0.379 e. The fourth-order valence-corrected chi connectivity index (χ4v) is 2.20. The summed E-state index contributed by atoms with van der Waals surface area (Å²) in [6.07, 6.45) is 5.40. The lowest BCUT2D eigenvalue weighted by Crippen LogP contribution is -2.05. The number of fused-ring (bicyclic) bond motifs is 1. The molecule has 0 saturated heterocycles. The van der Waals surface area contributed by atoms with Crippen molar-refractivity contribution in [2.75, 3.05) is 11.9 Å². The number of nitrogens with one attached hydrogen (secondary N) is 1. The highest BCUT2D eigenvalue weighted by molar-refractivity contribution is 5.95. The number of anilines is 1. The topological polar surface area (TPSA) is 85.1 Å². The fraction of sp³-hybridized carbons (Fsp3) is 0.333. The smallest absolute Gasteiger partial charge is 0.311 e. The second-order valence-corrected chi connectivity index (χ2v) is 4.74. The lowest BCUT2D eigenvalue weighted by molar-refractivity contribution is -0.384. The summed E-state index contributed by atoms with van der Waals surface area (Å²) in [7, 11) is 0. The predicted molar refractivity (Wildman–Crippen MR) is 81.4 cm³/mol. The van der Waals surface area contributed by atoms with Crippen molar-refractivity contribution in [2.24, 2.45) is 0 Å². The van der Waals surface area contributed by atoms with E-state index < -0.39 is 4.92 Å². The van der Waals surface area contributed by atoms with Gasteiger partial charge in [-0.3, -0.25) is 10.1 Å². The first-order valence-electron chi connectivity index (χ1n) is 6.93. The zero-order valence-electron chi connectivity index (χ0n) is 11.6. The van der Waals surface area contributed by atoms with Gasteiger partial charge in [0.15, 0.2) is 0 Å². The summed E-state index contributed by atoms with van der Waals surface area (Å²) in [5.74, 6) is 0. The quantitative estimate of drug-likeness (QED) is 0.348. The Hall–Kier alpha value is -2.50. The Morgan fingerprint density at radius 2 is 2.05 bits per heavy atom. The van der Waals surface area contributed by atoms with E-state index in [1.807, 2.05) is 24.3 Å². The third-order valence-electron chi connectivity index (χ3n) is 3.25. The summed E-state index contributed by atoms with van der Waals surface area (Å²) in [6.45, 7) is 0.633. The number of hydrogen-bond acceptors (Lipinski definition) is 5. The van der Waals surface area contributed by atoms with E-state index in [9.17, 15) is 14.9 Å². The van der Waals surface area contributed by atoms with Gasteiger partial charge in [-0.05, 0) is 18.9 Å². The number of benzene rings is 1. The van der Waals surface area contributed by atoms with Gasteiger partial charge in [0, 0.05) is 18.4 Å². The Labute approximate surface area is 122 Å². The summed E-state index contributed by atoms with van der Waals surface area (Å²) >= 11 is 0. The molecule has 2 aromatic rings. The number of rotatable bonds is 8. The van der Waals surface area contributed by atoms with Gasteiger partial charge in [-0.2, -0.15) is 0 Å². The molecular formula is C15H17N3O3. The summed E-state index contributed by atoms with van der Waals surface area (Å²) < 4.78 is 0. The van der Waals surface area contributed by atoms with Crippen molar-refractivity contribution in [1.29, 1.82) is 0 Å². The minimum absolute atomic E-state index is 0.0124. The van der Waals surface area contributed by atoms with Crippen LogP contribution in [-0.2, 0) is 4.79 Å². The molecule has 6 heteroatoms. The Bertz CT molecular complexity index is 643. The number of pyridine rings is 1. The molecule has 110 valence electrons. The Balaban J connectivity index is 2.14. The fourth-order valence-electron chi connectivity index (χ4n) is 2.20. The third-order valence-corrected chi connectivity index (χ3v) is 3.25. The van der Waals surface area contributed by atoms with Gasteiger partial charge < -0.3 is 10.1 Å². The van der Waals surface area contributed by atoms with Crippen LogP contribution in [0, 0.1) is 10.1 Å². The zero-order valence-corrected chi connectivity index (χ0v) is 11.6. The van der Waals surface area contributed by atoms with Gasteiger partial charge in [0.1, 0.15) is 18.2 Å². The molecule has 0 aliphatic carbocycles. The number of carbonyl (C=O) groups is 1. The molecule has 1 aromatic heterocycles. The standard InChI is InChI=1S/C15H17N3O3/c19-10-6-2-1-5-9-16-15-12-7-3-4-8-13(12)17-11-14(15)18(20)21/h3-4,7-8,10-11H,1-2,5-6,9H2,(H,16,17). The average Bonchev–Trinajstić information content (AvgIpc) is 2.50. The van der Waals surface area contributed by atoms with Crippen LogP contribution < -0.4 is 5.32 Å². The van der Waals surface area contributed by atoms with Crippen molar-refractivity contribution < 1.29 is 9.72 Å². The molecule has 0 bridgehead atoms. The van der Waals surface area contributed by atoms with Crippen LogP contribution in [0.25, 0.3) is 10.9 Å². The van der Waals surface area contributed by atoms with Gasteiger partial charge in [-0.25, -0.2) is 4.98 Å². The first-order valence-corrected chi connectivity index (χ1v) is 6.93. The molecule has 0 radical (unpaired) electrons. The summed E-state index contributed by atoms with van der Waals surface area (Å²) in [5.41, 5.74) is 1.23. The normalized spacial score (nSPS) is 10.5. The van der Waals surface area contributed by atoms with Crippen molar-refractivity contribution in [3.8, 4) is 0 Å². The highest BCUT2D eigenvalue weighted by Gasteiger charge is 2.17. The van der Waals surface area contributed by atoms with E-state index in [1.54, 1.807) is 0 Å². The number of aldehydes is 1. The molecule has 1 aromatic carbocycles. The highest BCUT2D eigenvalue weighted by Crippen LogP contribution is 2.31. The molecular weight excluding hydrogens is 270 g/mol. The SMILES string of the molecule is O=CCCCCCNc1c([N+](=O)[O-])cnc2ccccc12. The van der Waals surface area contributed by atoms with Gasteiger partial charge in [0.2, 0.25) is 0 Å². The van der Waals surface area contributed by atoms with Crippen LogP contribution in [0.15, 0.2) is 30.5 Å².